The monoisotopic (exact) mass is 292 g/mol. The van der Waals surface area contributed by atoms with Gasteiger partial charge in [0, 0.05) is 4.88 Å². The number of amides is 1. The second-order valence-corrected chi connectivity index (χ2v) is 7.75. The molecule has 18 heavy (non-hydrogen) atoms. The summed E-state index contributed by atoms with van der Waals surface area (Å²) in [6, 6.07) is 1.32. The van der Waals surface area contributed by atoms with Gasteiger partial charge in [-0.25, -0.2) is 18.4 Å². The Morgan fingerprint density at radius 2 is 2.00 bits per heavy atom. The lowest BCUT2D eigenvalue weighted by atomic mass is 10.2. The number of sulfonamides is 1. The molecule has 0 spiro atoms. The van der Waals surface area contributed by atoms with Crippen LogP contribution >= 0.6 is 11.3 Å². The first kappa shape index (κ1) is 14.9. The zero-order valence-electron chi connectivity index (χ0n) is 10.6. The Morgan fingerprint density at radius 3 is 2.39 bits per heavy atom. The van der Waals surface area contributed by atoms with Gasteiger partial charge in [0.1, 0.15) is 9.81 Å². The summed E-state index contributed by atoms with van der Waals surface area (Å²) in [4.78, 5) is 12.2. The lowest BCUT2D eigenvalue weighted by molar-refractivity contribution is 0.0636. The molecule has 1 rings (SSSR count). The Bertz CT molecular complexity index is 555. The Labute approximate surface area is 110 Å². The van der Waals surface area contributed by atoms with E-state index in [9.17, 15) is 13.2 Å². The van der Waals surface area contributed by atoms with E-state index in [1.165, 1.54) is 6.07 Å². The number of nitrogens with one attached hydrogen (secondary N) is 1. The first-order chi connectivity index (χ1) is 7.99. The highest BCUT2D eigenvalue weighted by Gasteiger charge is 2.19. The van der Waals surface area contributed by atoms with E-state index in [0.717, 1.165) is 11.3 Å². The molecule has 102 valence electrons. The molecule has 0 aliphatic rings. The van der Waals surface area contributed by atoms with Crippen molar-refractivity contribution in [2.24, 2.45) is 5.14 Å². The van der Waals surface area contributed by atoms with Crippen LogP contribution in [-0.4, -0.2) is 20.1 Å². The maximum atomic E-state index is 11.5. The third-order valence-corrected chi connectivity index (χ3v) is 4.28. The third kappa shape index (κ3) is 4.28. The number of hydrogen-bond donors (Lipinski definition) is 2. The van der Waals surface area contributed by atoms with E-state index in [4.69, 9.17) is 9.88 Å². The average molecular weight is 292 g/mol. The third-order valence-electron chi connectivity index (χ3n) is 1.81. The topological polar surface area (TPSA) is 98.5 Å². The molecule has 1 heterocycles. The lowest BCUT2D eigenvalue weighted by Crippen LogP contribution is -2.27. The highest BCUT2D eigenvalue weighted by Crippen LogP contribution is 2.29. The van der Waals surface area contributed by atoms with Crippen LogP contribution in [0.2, 0.25) is 0 Å². The Balaban J connectivity index is 2.87. The van der Waals surface area contributed by atoms with Gasteiger partial charge < -0.3 is 4.74 Å². The molecule has 1 aromatic heterocycles. The van der Waals surface area contributed by atoms with Gasteiger partial charge in [-0.2, -0.15) is 0 Å². The van der Waals surface area contributed by atoms with Crippen LogP contribution in [0.1, 0.15) is 25.6 Å². The second-order valence-electron chi connectivity index (χ2n) is 4.71. The Hall–Kier alpha value is -1.12. The van der Waals surface area contributed by atoms with E-state index in [0.29, 0.717) is 10.6 Å². The van der Waals surface area contributed by atoms with E-state index >= 15 is 0 Å². The maximum absolute atomic E-state index is 11.5. The molecule has 8 heteroatoms. The van der Waals surface area contributed by atoms with Crippen molar-refractivity contribution in [3.8, 4) is 0 Å². The smallest absolute Gasteiger partial charge is 0.412 e. The van der Waals surface area contributed by atoms with E-state index in [-0.39, 0.29) is 4.21 Å². The summed E-state index contributed by atoms with van der Waals surface area (Å²) in [6.07, 6.45) is -0.635. The van der Waals surface area contributed by atoms with E-state index < -0.39 is 21.7 Å². The summed E-state index contributed by atoms with van der Waals surface area (Å²) in [5.41, 5.74) is -0.227. The molecule has 1 amide bonds. The Kier molecular flexibility index (Phi) is 4.04. The van der Waals surface area contributed by atoms with Crippen molar-refractivity contribution in [3.63, 3.8) is 0 Å². The quantitative estimate of drug-likeness (QED) is 0.871. The molecule has 0 atom stereocenters. The number of carbonyl (C=O) groups is 1. The molecule has 0 fully saturated rings. The summed E-state index contributed by atoms with van der Waals surface area (Å²) < 4.78 is 27.4. The fraction of sp³-hybridized carbons (Fsp3) is 0.500. The van der Waals surface area contributed by atoms with E-state index in [1.807, 2.05) is 0 Å². The van der Waals surface area contributed by atoms with Gasteiger partial charge in [0.05, 0.1) is 5.69 Å². The molecule has 0 bridgehead atoms. The molecule has 0 radical (unpaired) electrons. The fourth-order valence-corrected chi connectivity index (χ4v) is 2.95. The Morgan fingerprint density at radius 1 is 1.44 bits per heavy atom. The van der Waals surface area contributed by atoms with Crippen LogP contribution in [0.3, 0.4) is 0 Å². The minimum atomic E-state index is -3.75. The largest absolute Gasteiger partial charge is 0.444 e. The summed E-state index contributed by atoms with van der Waals surface area (Å²) in [5, 5.41) is 7.50. The molecule has 1 aromatic rings. The molecule has 0 saturated carbocycles. The van der Waals surface area contributed by atoms with E-state index in [1.54, 1.807) is 27.7 Å². The summed E-state index contributed by atoms with van der Waals surface area (Å²) in [6.45, 7) is 6.90. The van der Waals surface area contributed by atoms with Gasteiger partial charge in [-0.05, 0) is 33.8 Å². The van der Waals surface area contributed by atoms with Gasteiger partial charge in [-0.1, -0.05) is 0 Å². The molecule has 0 aromatic carbocycles. The number of hydrogen-bond acceptors (Lipinski definition) is 5. The van der Waals surface area contributed by atoms with Gasteiger partial charge in [0.15, 0.2) is 0 Å². The number of rotatable bonds is 2. The van der Waals surface area contributed by atoms with Crippen LogP contribution in [0.5, 0.6) is 0 Å². The van der Waals surface area contributed by atoms with Crippen molar-refractivity contribution in [3.05, 3.63) is 10.9 Å². The van der Waals surface area contributed by atoms with Gasteiger partial charge >= 0.3 is 6.09 Å². The first-order valence-corrected chi connectivity index (χ1v) is 7.48. The molecular formula is C10H16N2O4S2. The standard InChI is InChI=1S/C10H16N2O4S2/c1-6-7(5-8(17-6)18(11,14)15)12-9(13)16-10(2,3)4/h5H,1-4H3,(H,12,13)(H2,11,14,15). The van der Waals surface area contributed by atoms with Gasteiger partial charge in [0.25, 0.3) is 0 Å². The number of anilines is 1. The number of aryl methyl sites for hydroxylation is 1. The molecule has 0 unspecified atom stereocenters. The molecule has 3 N–H and O–H groups in total. The zero-order chi connectivity index (χ0) is 14.1. The van der Waals surface area contributed by atoms with Gasteiger partial charge in [-0.15, -0.1) is 11.3 Å². The van der Waals surface area contributed by atoms with Crippen LogP contribution in [0.15, 0.2) is 10.3 Å². The summed E-state index contributed by atoms with van der Waals surface area (Å²) in [5.74, 6) is 0. The SMILES string of the molecule is Cc1sc(S(N)(=O)=O)cc1NC(=O)OC(C)(C)C. The van der Waals surface area contributed by atoms with Crippen LogP contribution in [-0.2, 0) is 14.8 Å². The highest BCUT2D eigenvalue weighted by molar-refractivity contribution is 7.91. The summed E-state index contributed by atoms with van der Waals surface area (Å²) in [7, 11) is -3.75. The predicted octanol–water partition coefficient (Wildman–Crippen LogP) is 2.05. The van der Waals surface area contributed by atoms with E-state index in [2.05, 4.69) is 5.32 Å². The minimum absolute atomic E-state index is 0.00561. The molecular weight excluding hydrogens is 276 g/mol. The first-order valence-electron chi connectivity index (χ1n) is 5.12. The van der Waals surface area contributed by atoms with Crippen molar-refractivity contribution in [2.45, 2.75) is 37.5 Å². The van der Waals surface area contributed by atoms with Crippen LogP contribution in [0.4, 0.5) is 10.5 Å². The highest BCUT2D eigenvalue weighted by atomic mass is 32.2. The van der Waals surface area contributed by atoms with Crippen LogP contribution < -0.4 is 10.5 Å². The number of thiophene rings is 1. The van der Waals surface area contributed by atoms with Crippen LogP contribution in [0, 0.1) is 6.92 Å². The zero-order valence-corrected chi connectivity index (χ0v) is 12.2. The van der Waals surface area contributed by atoms with Crippen molar-refractivity contribution < 1.29 is 17.9 Å². The molecule has 0 aliphatic carbocycles. The number of primary sulfonamides is 1. The number of nitrogens with two attached hydrogens (primary N) is 1. The predicted molar refractivity (Wildman–Crippen MR) is 70.3 cm³/mol. The normalized spacial score (nSPS) is 12.3. The van der Waals surface area contributed by atoms with Crippen LogP contribution in [0.25, 0.3) is 0 Å². The summed E-state index contributed by atoms with van der Waals surface area (Å²) >= 11 is 0.998. The lowest BCUT2D eigenvalue weighted by Gasteiger charge is -2.19. The second kappa shape index (κ2) is 4.87. The van der Waals surface area contributed by atoms with Gasteiger partial charge in [0.2, 0.25) is 10.0 Å². The average Bonchev–Trinajstić information content (AvgIpc) is 2.43. The minimum Gasteiger partial charge on any atom is -0.444 e. The van der Waals surface area contributed by atoms with Crippen molar-refractivity contribution in [2.75, 3.05) is 5.32 Å². The fourth-order valence-electron chi connectivity index (χ4n) is 1.13. The van der Waals surface area contributed by atoms with Crippen molar-refractivity contribution in [1.29, 1.82) is 0 Å². The molecule has 0 saturated heterocycles. The van der Waals surface area contributed by atoms with Crippen molar-refractivity contribution >= 4 is 33.1 Å². The number of ether oxygens (including phenoxy) is 1. The number of carbonyl (C=O) groups excluding carboxylic acids is 1. The molecule has 6 nitrogen and oxygen atoms in total. The molecule has 0 aliphatic heterocycles. The van der Waals surface area contributed by atoms with Gasteiger partial charge in [-0.3, -0.25) is 5.32 Å². The van der Waals surface area contributed by atoms with Crippen molar-refractivity contribution in [1.82, 2.24) is 0 Å². The maximum Gasteiger partial charge on any atom is 0.412 e.